The second kappa shape index (κ2) is 8.58. The van der Waals surface area contributed by atoms with Crippen LogP contribution in [0.15, 0.2) is 59.7 Å². The molecule has 2 N–H and O–H groups in total. The number of benzene rings is 2. The predicted octanol–water partition coefficient (Wildman–Crippen LogP) is 4.31. The average Bonchev–Trinajstić information content (AvgIpc) is 3.66. The first-order valence-corrected chi connectivity index (χ1v) is 10.8. The van der Waals surface area contributed by atoms with Crippen molar-refractivity contribution >= 4 is 28.5 Å². The van der Waals surface area contributed by atoms with Crippen molar-refractivity contribution in [1.82, 2.24) is 14.5 Å². The molecule has 1 aliphatic rings. The van der Waals surface area contributed by atoms with Crippen molar-refractivity contribution in [2.45, 2.75) is 25.3 Å². The molecule has 4 aromatic rings. The Kier molecular flexibility index (Phi) is 5.45. The second-order valence-electron chi connectivity index (χ2n) is 8.19. The van der Waals surface area contributed by atoms with Gasteiger partial charge in [0.25, 0.3) is 0 Å². The molecule has 1 fully saturated rings. The summed E-state index contributed by atoms with van der Waals surface area (Å²) in [6.07, 6.45) is 5.20. The highest BCUT2D eigenvalue weighted by Crippen LogP contribution is 2.38. The van der Waals surface area contributed by atoms with Crippen LogP contribution in [0, 0.1) is 5.82 Å². The monoisotopic (exact) mass is 460 g/mol. The number of carboxylic acid groups (broad SMARTS) is 1. The van der Waals surface area contributed by atoms with Gasteiger partial charge < -0.3 is 19.7 Å². The maximum absolute atomic E-state index is 15.0. The van der Waals surface area contributed by atoms with E-state index in [0.29, 0.717) is 11.9 Å². The van der Waals surface area contributed by atoms with Crippen LogP contribution in [0.25, 0.3) is 10.9 Å². The van der Waals surface area contributed by atoms with E-state index in [-0.39, 0.29) is 28.6 Å². The Labute approximate surface area is 193 Å². The normalized spacial score (nSPS) is 13.1. The number of methoxy groups -OCH3 is 1. The van der Waals surface area contributed by atoms with E-state index < -0.39 is 17.2 Å². The first kappa shape index (κ1) is 21.6. The van der Waals surface area contributed by atoms with E-state index in [1.807, 2.05) is 24.3 Å². The van der Waals surface area contributed by atoms with Gasteiger partial charge in [0.05, 0.1) is 24.0 Å². The Morgan fingerprint density at radius 2 is 2.09 bits per heavy atom. The Hall–Kier alpha value is -4.27. The zero-order valence-electron chi connectivity index (χ0n) is 18.3. The van der Waals surface area contributed by atoms with E-state index >= 15 is 0 Å². The lowest BCUT2D eigenvalue weighted by atomic mass is 10.1. The van der Waals surface area contributed by atoms with Crippen LogP contribution in [-0.2, 0) is 6.42 Å². The smallest absolute Gasteiger partial charge is 0.341 e. The van der Waals surface area contributed by atoms with Crippen molar-refractivity contribution in [2.75, 3.05) is 12.4 Å². The van der Waals surface area contributed by atoms with Crippen molar-refractivity contribution in [3.05, 3.63) is 87.7 Å². The molecular formula is C25H21FN4O4. The molecule has 0 radical (unpaired) electrons. The third-order valence-electron chi connectivity index (χ3n) is 5.77. The number of rotatable bonds is 7. The topological polar surface area (TPSA) is 106 Å². The zero-order chi connectivity index (χ0) is 23.8. The predicted molar refractivity (Wildman–Crippen MR) is 125 cm³/mol. The van der Waals surface area contributed by atoms with E-state index in [1.165, 1.54) is 12.3 Å². The summed E-state index contributed by atoms with van der Waals surface area (Å²) in [5.74, 6) is -1.07. The number of ether oxygens (including phenoxy) is 1. The standard InChI is InChI=1S/C25H21FN4O4/c1-34-17-4-2-3-14(10-17)9-15-7-8-27-25(28-15)29-21-12-22-18(11-20(21)26)23(31)19(24(32)33)13-30(22)16-5-6-16/h2-4,7-8,10-13,16H,5-6,9H2,1H3,(H,32,33)(H,27,28,29). The van der Waals surface area contributed by atoms with Crippen LogP contribution >= 0.6 is 0 Å². The van der Waals surface area contributed by atoms with Gasteiger partial charge in [-0.3, -0.25) is 4.79 Å². The maximum atomic E-state index is 15.0. The van der Waals surface area contributed by atoms with Crippen LogP contribution in [0.5, 0.6) is 5.75 Å². The van der Waals surface area contributed by atoms with Crippen molar-refractivity contribution in [2.24, 2.45) is 0 Å². The first-order valence-electron chi connectivity index (χ1n) is 10.8. The molecular weight excluding hydrogens is 439 g/mol. The average molecular weight is 460 g/mol. The zero-order valence-corrected chi connectivity index (χ0v) is 18.3. The number of nitrogens with zero attached hydrogens (tertiary/aromatic N) is 3. The number of anilines is 2. The van der Waals surface area contributed by atoms with E-state index in [0.717, 1.165) is 35.9 Å². The van der Waals surface area contributed by atoms with Crippen LogP contribution in [0.4, 0.5) is 16.0 Å². The first-order chi connectivity index (χ1) is 16.4. The summed E-state index contributed by atoms with van der Waals surface area (Å²) in [6, 6.07) is 12.1. The molecule has 0 saturated heterocycles. The van der Waals surface area contributed by atoms with Gasteiger partial charge in [0.2, 0.25) is 11.4 Å². The molecule has 172 valence electrons. The lowest BCUT2D eigenvalue weighted by molar-refractivity contribution is 0.0695. The highest BCUT2D eigenvalue weighted by atomic mass is 19.1. The molecule has 0 bridgehead atoms. The molecule has 34 heavy (non-hydrogen) atoms. The Balaban J connectivity index is 1.49. The number of halogens is 1. The minimum atomic E-state index is -1.33. The quantitative estimate of drug-likeness (QED) is 0.423. The molecule has 2 heterocycles. The molecule has 2 aromatic carbocycles. The fourth-order valence-electron chi connectivity index (χ4n) is 3.94. The third kappa shape index (κ3) is 4.19. The Morgan fingerprint density at radius 3 is 2.82 bits per heavy atom. The minimum Gasteiger partial charge on any atom is -0.497 e. The largest absolute Gasteiger partial charge is 0.497 e. The summed E-state index contributed by atoms with van der Waals surface area (Å²) in [6.45, 7) is 0. The number of hydrogen-bond donors (Lipinski definition) is 2. The van der Waals surface area contributed by atoms with Gasteiger partial charge in [0.1, 0.15) is 17.1 Å². The van der Waals surface area contributed by atoms with Crippen molar-refractivity contribution in [1.29, 1.82) is 0 Å². The number of aromatic carboxylic acids is 1. The molecule has 0 unspecified atom stereocenters. The Morgan fingerprint density at radius 1 is 1.26 bits per heavy atom. The van der Waals surface area contributed by atoms with E-state index in [2.05, 4.69) is 15.3 Å². The lowest BCUT2D eigenvalue weighted by Gasteiger charge is -2.14. The number of carbonyl (C=O) groups is 1. The number of fused-ring (bicyclic) bond motifs is 1. The van der Waals surface area contributed by atoms with Crippen molar-refractivity contribution in [3.8, 4) is 5.75 Å². The lowest BCUT2D eigenvalue weighted by Crippen LogP contribution is -2.19. The molecule has 1 aliphatic carbocycles. The molecule has 0 amide bonds. The third-order valence-corrected chi connectivity index (χ3v) is 5.77. The number of carboxylic acids is 1. The van der Waals surface area contributed by atoms with E-state index in [4.69, 9.17) is 4.74 Å². The van der Waals surface area contributed by atoms with Gasteiger partial charge in [-0.15, -0.1) is 0 Å². The molecule has 0 atom stereocenters. The number of nitrogens with one attached hydrogen (secondary N) is 1. The molecule has 0 spiro atoms. The molecule has 0 aliphatic heterocycles. The second-order valence-corrected chi connectivity index (χ2v) is 8.19. The van der Waals surface area contributed by atoms with Gasteiger partial charge >= 0.3 is 5.97 Å². The van der Waals surface area contributed by atoms with Gasteiger partial charge in [-0.1, -0.05) is 12.1 Å². The fraction of sp³-hybridized carbons (Fsp3) is 0.200. The molecule has 5 rings (SSSR count). The summed E-state index contributed by atoms with van der Waals surface area (Å²) < 4.78 is 22.0. The van der Waals surface area contributed by atoms with Crippen LogP contribution in [0.3, 0.4) is 0 Å². The van der Waals surface area contributed by atoms with E-state index in [9.17, 15) is 19.1 Å². The highest BCUT2D eigenvalue weighted by Gasteiger charge is 2.27. The summed E-state index contributed by atoms with van der Waals surface area (Å²) in [4.78, 5) is 32.8. The molecule has 9 heteroatoms. The van der Waals surface area contributed by atoms with E-state index in [1.54, 1.807) is 23.9 Å². The van der Waals surface area contributed by atoms with Crippen LogP contribution < -0.4 is 15.5 Å². The van der Waals surface area contributed by atoms with Gasteiger partial charge in [0.15, 0.2) is 0 Å². The van der Waals surface area contributed by atoms with Crippen LogP contribution in [0.1, 0.15) is 40.5 Å². The SMILES string of the molecule is COc1cccc(Cc2ccnc(Nc3cc4c(cc3F)c(=O)c(C(=O)O)cn4C3CC3)n2)c1. The van der Waals surface area contributed by atoms with Gasteiger partial charge in [-0.2, -0.15) is 0 Å². The summed E-state index contributed by atoms with van der Waals surface area (Å²) in [7, 11) is 1.61. The maximum Gasteiger partial charge on any atom is 0.341 e. The van der Waals surface area contributed by atoms with Gasteiger partial charge in [-0.25, -0.2) is 19.2 Å². The number of aromatic nitrogens is 3. The van der Waals surface area contributed by atoms with Crippen LogP contribution in [-0.4, -0.2) is 32.7 Å². The van der Waals surface area contributed by atoms with Crippen LogP contribution in [0.2, 0.25) is 0 Å². The number of hydrogen-bond acceptors (Lipinski definition) is 6. The molecule has 2 aromatic heterocycles. The summed E-state index contributed by atoms with van der Waals surface area (Å²) in [5, 5.41) is 12.3. The van der Waals surface area contributed by atoms with Crippen molar-refractivity contribution in [3.63, 3.8) is 0 Å². The molecule has 1 saturated carbocycles. The fourth-order valence-corrected chi connectivity index (χ4v) is 3.94. The summed E-state index contributed by atoms with van der Waals surface area (Å²) in [5.41, 5.74) is 1.22. The minimum absolute atomic E-state index is 0.0301. The van der Waals surface area contributed by atoms with Gasteiger partial charge in [0, 0.05) is 30.2 Å². The Bertz CT molecular complexity index is 1480. The highest BCUT2D eigenvalue weighted by molar-refractivity contribution is 5.93. The van der Waals surface area contributed by atoms with Gasteiger partial charge in [-0.05, 0) is 48.7 Å². The number of pyridine rings is 1. The molecule has 8 nitrogen and oxygen atoms in total. The van der Waals surface area contributed by atoms with Crippen molar-refractivity contribution < 1.29 is 19.0 Å². The summed E-state index contributed by atoms with van der Waals surface area (Å²) >= 11 is 0.